The molecule has 2 aromatic carbocycles. The summed E-state index contributed by atoms with van der Waals surface area (Å²) in [6.45, 7) is 1.86. The average Bonchev–Trinajstić information content (AvgIpc) is 3.68. The molecule has 10 nitrogen and oxygen atoms in total. The molecule has 5 aromatic rings. The van der Waals surface area contributed by atoms with Crippen molar-refractivity contribution in [3.63, 3.8) is 0 Å². The Balaban J connectivity index is 1.23. The second-order valence-electron chi connectivity index (χ2n) is 9.20. The second-order valence-corrected chi connectivity index (χ2v) is 10.1. The van der Waals surface area contributed by atoms with Gasteiger partial charge in [-0.05, 0) is 55.5 Å². The molecule has 0 spiro atoms. The molecule has 0 aliphatic carbocycles. The number of imide groups is 1. The maximum atomic E-state index is 15.2. The molecule has 0 saturated carbocycles. The number of carbonyl (C=O) groups excluding carboxylic acids is 3. The van der Waals surface area contributed by atoms with Crippen LogP contribution in [0.4, 0.5) is 25.0 Å². The first-order valence-corrected chi connectivity index (χ1v) is 13.6. The Kier molecular flexibility index (Phi) is 7.00. The number of amides is 4. The highest BCUT2D eigenvalue weighted by atomic mass is 32.1. The number of nitrogens with zero attached hydrogens (tertiary/aromatic N) is 5. The molecule has 1 aliphatic heterocycles. The highest BCUT2D eigenvalue weighted by molar-refractivity contribution is 7.13. The first-order valence-electron chi connectivity index (χ1n) is 12.7. The third kappa shape index (κ3) is 5.01. The maximum absolute atomic E-state index is 15.2. The van der Waals surface area contributed by atoms with Gasteiger partial charge < -0.3 is 10.1 Å². The van der Waals surface area contributed by atoms with Gasteiger partial charge in [0.15, 0.2) is 23.2 Å². The molecule has 4 amide bonds. The van der Waals surface area contributed by atoms with Crippen LogP contribution in [0.25, 0.3) is 16.0 Å². The summed E-state index contributed by atoms with van der Waals surface area (Å²) in [7, 11) is 0. The lowest BCUT2D eigenvalue weighted by Crippen LogP contribution is -2.54. The lowest BCUT2D eigenvalue weighted by molar-refractivity contribution is -0.419. The molecule has 1 N–H and O–H groups in total. The highest BCUT2D eigenvalue weighted by Gasteiger charge is 2.47. The van der Waals surface area contributed by atoms with Gasteiger partial charge in [0.05, 0.1) is 29.3 Å². The quantitative estimate of drug-likeness (QED) is 0.203. The second kappa shape index (κ2) is 10.9. The molecule has 13 heteroatoms. The number of benzene rings is 2. The van der Waals surface area contributed by atoms with Gasteiger partial charge in [-0.2, -0.15) is 9.89 Å². The molecule has 0 radical (unpaired) electrons. The van der Waals surface area contributed by atoms with Crippen molar-refractivity contribution >= 4 is 52.3 Å². The van der Waals surface area contributed by atoms with E-state index in [0.29, 0.717) is 11.3 Å². The number of hydrogen-bond donors (Lipinski definition) is 1. The minimum absolute atomic E-state index is 0.0761. The minimum Gasteiger partial charge on any atom is -0.452 e. The molecule has 210 valence electrons. The van der Waals surface area contributed by atoms with E-state index >= 15 is 4.39 Å². The molecular formula is C29H21F2N6O4S+. The standard InChI is InChI=1S/C29H20F2N6O4S/c1-2-35-15-21(28(39)37(29(35)40)20-6-3-18(30)4-7-20)27(38)34-19-5-8-24(22(31)12-19)41-25-11-17(26-13-32-16-42-26)14-36-23(25)9-10-33-36/h3-16,21H,2H2,1H3/p+1. The predicted molar refractivity (Wildman–Crippen MR) is 151 cm³/mol. The fraction of sp³-hybridized carbons (Fsp3) is 0.103. The van der Waals surface area contributed by atoms with Crippen LogP contribution in [0.3, 0.4) is 0 Å². The van der Waals surface area contributed by atoms with Crippen LogP contribution >= 0.6 is 11.3 Å². The first-order chi connectivity index (χ1) is 20.3. The minimum atomic E-state index is -1.39. The van der Waals surface area contributed by atoms with Crippen molar-refractivity contribution in [2.24, 2.45) is 5.92 Å². The van der Waals surface area contributed by atoms with Crippen LogP contribution in [-0.4, -0.2) is 49.8 Å². The van der Waals surface area contributed by atoms with Gasteiger partial charge in [0.2, 0.25) is 5.91 Å². The van der Waals surface area contributed by atoms with Gasteiger partial charge in [-0.25, -0.2) is 22.7 Å². The van der Waals surface area contributed by atoms with Crippen LogP contribution in [0.15, 0.2) is 78.7 Å². The number of rotatable bonds is 7. The van der Waals surface area contributed by atoms with E-state index in [1.165, 1.54) is 46.4 Å². The Morgan fingerprint density at radius 2 is 1.90 bits per heavy atom. The lowest BCUT2D eigenvalue weighted by atomic mass is 10.1. The van der Waals surface area contributed by atoms with Gasteiger partial charge in [-0.15, -0.1) is 16.2 Å². The smallest absolute Gasteiger partial charge is 0.452 e. The molecular weight excluding hydrogens is 566 g/mol. The molecule has 0 fully saturated rings. The van der Waals surface area contributed by atoms with Crippen molar-refractivity contribution in [3.05, 3.63) is 90.3 Å². The van der Waals surface area contributed by atoms with Crippen LogP contribution in [0.5, 0.6) is 11.5 Å². The van der Waals surface area contributed by atoms with E-state index < -0.39 is 35.4 Å². The van der Waals surface area contributed by atoms with Crippen LogP contribution in [0, 0.1) is 17.6 Å². The van der Waals surface area contributed by atoms with E-state index in [9.17, 15) is 18.8 Å². The summed E-state index contributed by atoms with van der Waals surface area (Å²) in [6.07, 6.45) is 6.35. The van der Waals surface area contributed by atoms with E-state index in [2.05, 4.69) is 15.4 Å². The summed E-state index contributed by atoms with van der Waals surface area (Å²) in [6, 6.07) is 11.5. The number of carbonyl (C=O) groups is 3. The highest BCUT2D eigenvalue weighted by Crippen LogP contribution is 2.34. The van der Waals surface area contributed by atoms with Crippen molar-refractivity contribution < 1.29 is 32.5 Å². The summed E-state index contributed by atoms with van der Waals surface area (Å²) in [5.41, 5.74) is 3.30. The van der Waals surface area contributed by atoms with Gasteiger partial charge in [-0.3, -0.25) is 9.78 Å². The fourth-order valence-electron chi connectivity index (χ4n) is 4.49. The molecule has 1 aliphatic rings. The third-order valence-electron chi connectivity index (χ3n) is 6.57. The fourth-order valence-corrected chi connectivity index (χ4v) is 5.09. The van der Waals surface area contributed by atoms with E-state index in [0.717, 1.165) is 33.5 Å². The predicted octanol–water partition coefficient (Wildman–Crippen LogP) is 5.35. The van der Waals surface area contributed by atoms with E-state index in [1.807, 2.05) is 6.20 Å². The summed E-state index contributed by atoms with van der Waals surface area (Å²) >= 11 is 1.44. The molecule has 42 heavy (non-hydrogen) atoms. The number of pyridine rings is 1. The Bertz CT molecular complexity index is 1870. The zero-order valence-electron chi connectivity index (χ0n) is 21.9. The zero-order valence-corrected chi connectivity index (χ0v) is 22.7. The van der Waals surface area contributed by atoms with Crippen molar-refractivity contribution in [2.75, 3.05) is 16.8 Å². The number of fused-ring (bicyclic) bond motifs is 1. The summed E-state index contributed by atoms with van der Waals surface area (Å²) in [5, 5.41) is 6.80. The summed E-state index contributed by atoms with van der Waals surface area (Å²) in [5.74, 6) is -4.02. The van der Waals surface area contributed by atoms with Crippen LogP contribution < -0.4 is 15.0 Å². The van der Waals surface area contributed by atoms with Crippen LogP contribution in [0.1, 0.15) is 6.92 Å². The molecule has 6 rings (SSSR count). The van der Waals surface area contributed by atoms with E-state index in [4.69, 9.17) is 4.74 Å². The number of nitrogens with one attached hydrogen (secondary N) is 1. The monoisotopic (exact) mass is 587 g/mol. The van der Waals surface area contributed by atoms with Crippen molar-refractivity contribution in [1.29, 1.82) is 0 Å². The molecule has 0 bridgehead atoms. The Morgan fingerprint density at radius 3 is 2.62 bits per heavy atom. The first kappa shape index (κ1) is 26.9. The third-order valence-corrected chi connectivity index (χ3v) is 7.39. The Morgan fingerprint density at radius 1 is 1.10 bits per heavy atom. The van der Waals surface area contributed by atoms with Crippen molar-refractivity contribution in [1.82, 2.24) is 14.6 Å². The number of ether oxygens (including phenoxy) is 1. The number of urea groups is 1. The van der Waals surface area contributed by atoms with Gasteiger partial charge in [0.1, 0.15) is 17.0 Å². The summed E-state index contributed by atoms with van der Waals surface area (Å²) < 4.78 is 37.4. The van der Waals surface area contributed by atoms with Crippen molar-refractivity contribution in [2.45, 2.75) is 6.92 Å². The molecule has 1 atom stereocenters. The van der Waals surface area contributed by atoms with Gasteiger partial charge in [-0.1, -0.05) is 0 Å². The van der Waals surface area contributed by atoms with Crippen LogP contribution in [0.2, 0.25) is 0 Å². The van der Waals surface area contributed by atoms with Gasteiger partial charge in [0.25, 0.3) is 0 Å². The van der Waals surface area contributed by atoms with Gasteiger partial charge in [0, 0.05) is 29.7 Å². The Labute approximate surface area is 241 Å². The number of halogens is 2. The number of anilines is 2. The SMILES string of the molecule is CC[N+]1=CC(C(=O)Nc2ccc(Oc3cc(-c4cncs4)cn4nccc34)c(F)c2)C(=O)N(c2ccc(F)cc2)C1=O. The molecule has 3 aromatic heterocycles. The zero-order chi connectivity index (χ0) is 29.4. The topological polar surface area (TPSA) is 109 Å². The number of hydrogen-bond acceptors (Lipinski definition) is 7. The molecule has 4 heterocycles. The molecule has 1 unspecified atom stereocenters. The largest absolute Gasteiger partial charge is 0.505 e. The number of thiazole rings is 1. The Hall–Kier alpha value is -5.30. The maximum Gasteiger partial charge on any atom is 0.505 e. The van der Waals surface area contributed by atoms with Crippen molar-refractivity contribution in [3.8, 4) is 21.9 Å². The van der Waals surface area contributed by atoms with E-state index in [1.54, 1.807) is 41.5 Å². The van der Waals surface area contributed by atoms with Crippen LogP contribution in [-0.2, 0) is 9.59 Å². The van der Waals surface area contributed by atoms with E-state index in [-0.39, 0.29) is 23.7 Å². The number of aromatic nitrogens is 3. The summed E-state index contributed by atoms with van der Waals surface area (Å²) in [4.78, 5) is 45.1. The molecule has 0 saturated heterocycles. The van der Waals surface area contributed by atoms with Gasteiger partial charge >= 0.3 is 11.9 Å². The normalized spacial score (nSPS) is 15.2. The average molecular weight is 588 g/mol. The lowest BCUT2D eigenvalue weighted by Gasteiger charge is -2.22.